The molecule has 0 spiro atoms. The van der Waals surface area contributed by atoms with Crippen molar-refractivity contribution in [2.24, 2.45) is 0 Å². The van der Waals surface area contributed by atoms with Gasteiger partial charge < -0.3 is 9.64 Å². The van der Waals surface area contributed by atoms with Crippen molar-refractivity contribution in [2.45, 2.75) is 0 Å². The maximum atomic E-state index is 12.7. The third-order valence-electron chi connectivity index (χ3n) is 3.88. The van der Waals surface area contributed by atoms with Crippen LogP contribution in [0, 0.1) is 0 Å². The molecule has 0 bridgehead atoms. The predicted octanol–water partition coefficient (Wildman–Crippen LogP) is 4.64. The highest BCUT2D eigenvalue weighted by molar-refractivity contribution is 6.30. The molecule has 4 heteroatoms. The number of fused-ring (bicyclic) bond motifs is 1. The molecule has 0 aromatic heterocycles. The maximum Gasteiger partial charge on any atom is 0.254 e. The molecule has 0 aliphatic rings. The first kappa shape index (κ1) is 16.3. The first-order chi connectivity index (χ1) is 11.6. The Morgan fingerprint density at radius 3 is 2.50 bits per heavy atom. The van der Waals surface area contributed by atoms with E-state index in [1.54, 1.807) is 24.1 Å². The second kappa shape index (κ2) is 7.37. The Bertz CT molecular complexity index is 840. The fourth-order valence-corrected chi connectivity index (χ4v) is 2.68. The van der Waals surface area contributed by atoms with Gasteiger partial charge in [0.15, 0.2) is 0 Å². The number of hydrogen-bond donors (Lipinski definition) is 0. The van der Waals surface area contributed by atoms with Crippen molar-refractivity contribution in [3.8, 4) is 5.75 Å². The van der Waals surface area contributed by atoms with Gasteiger partial charge in [0.25, 0.3) is 5.91 Å². The molecule has 0 saturated carbocycles. The highest BCUT2D eigenvalue weighted by Gasteiger charge is 2.14. The molecular weight excluding hydrogens is 322 g/mol. The summed E-state index contributed by atoms with van der Waals surface area (Å²) in [5, 5.41) is 2.70. The first-order valence-electron chi connectivity index (χ1n) is 7.77. The number of halogens is 1. The molecule has 3 aromatic carbocycles. The average molecular weight is 340 g/mol. The number of nitrogens with zero attached hydrogens (tertiary/aromatic N) is 1. The summed E-state index contributed by atoms with van der Waals surface area (Å²) in [4.78, 5) is 14.4. The fourth-order valence-electron chi connectivity index (χ4n) is 2.55. The van der Waals surface area contributed by atoms with Gasteiger partial charge in [0.2, 0.25) is 0 Å². The van der Waals surface area contributed by atoms with E-state index in [1.165, 1.54) is 0 Å². The molecule has 0 saturated heterocycles. The van der Waals surface area contributed by atoms with Crippen molar-refractivity contribution in [2.75, 3.05) is 20.2 Å². The molecule has 122 valence electrons. The molecule has 0 aliphatic carbocycles. The summed E-state index contributed by atoms with van der Waals surface area (Å²) in [6, 6.07) is 20.9. The average Bonchev–Trinajstić information content (AvgIpc) is 2.62. The summed E-state index contributed by atoms with van der Waals surface area (Å²) in [5.74, 6) is 0.733. The van der Waals surface area contributed by atoms with Crippen LogP contribution in [0.15, 0.2) is 66.7 Å². The van der Waals surface area contributed by atoms with E-state index >= 15 is 0 Å². The number of carbonyl (C=O) groups excluding carboxylic acids is 1. The summed E-state index contributed by atoms with van der Waals surface area (Å²) in [5.41, 5.74) is 0.710. The molecule has 1 amide bonds. The Balaban J connectivity index is 1.65. The van der Waals surface area contributed by atoms with Gasteiger partial charge in [-0.3, -0.25) is 4.79 Å². The van der Waals surface area contributed by atoms with Crippen molar-refractivity contribution in [1.82, 2.24) is 4.90 Å². The second-order valence-electron chi connectivity index (χ2n) is 5.56. The van der Waals surface area contributed by atoms with E-state index in [0.29, 0.717) is 23.7 Å². The molecule has 0 atom stereocenters. The van der Waals surface area contributed by atoms with Gasteiger partial charge in [0.05, 0.1) is 6.54 Å². The smallest absolute Gasteiger partial charge is 0.254 e. The lowest BCUT2D eigenvalue weighted by molar-refractivity contribution is 0.0775. The summed E-state index contributed by atoms with van der Waals surface area (Å²) >= 11 is 5.84. The Kier molecular flexibility index (Phi) is 5.02. The van der Waals surface area contributed by atoms with Gasteiger partial charge in [-0.15, -0.1) is 0 Å². The highest BCUT2D eigenvalue weighted by atomic mass is 35.5. The minimum absolute atomic E-state index is 0.00786. The maximum absolute atomic E-state index is 12.7. The monoisotopic (exact) mass is 339 g/mol. The van der Waals surface area contributed by atoms with Crippen molar-refractivity contribution in [3.63, 3.8) is 0 Å². The Morgan fingerprint density at radius 2 is 1.71 bits per heavy atom. The molecule has 0 unspecified atom stereocenters. The van der Waals surface area contributed by atoms with E-state index in [0.717, 1.165) is 16.5 Å². The SMILES string of the molecule is CN(CCOc1ccc(Cl)cc1)C(=O)c1cccc2ccccc12. The van der Waals surface area contributed by atoms with Gasteiger partial charge in [-0.2, -0.15) is 0 Å². The molecule has 0 aliphatic heterocycles. The third-order valence-corrected chi connectivity index (χ3v) is 4.13. The van der Waals surface area contributed by atoms with Gasteiger partial charge in [0, 0.05) is 17.6 Å². The zero-order chi connectivity index (χ0) is 16.9. The molecule has 3 aromatic rings. The van der Waals surface area contributed by atoms with E-state index in [-0.39, 0.29) is 5.91 Å². The molecule has 24 heavy (non-hydrogen) atoms. The van der Waals surface area contributed by atoms with Crippen LogP contribution in [0.5, 0.6) is 5.75 Å². The summed E-state index contributed by atoms with van der Waals surface area (Å²) in [6.07, 6.45) is 0. The quantitative estimate of drug-likeness (QED) is 0.677. The molecule has 0 N–H and O–H groups in total. The minimum Gasteiger partial charge on any atom is -0.492 e. The predicted molar refractivity (Wildman–Crippen MR) is 97.9 cm³/mol. The van der Waals surface area contributed by atoms with E-state index in [1.807, 2.05) is 54.6 Å². The van der Waals surface area contributed by atoms with Crippen LogP contribution < -0.4 is 4.74 Å². The summed E-state index contributed by atoms with van der Waals surface area (Å²) in [7, 11) is 1.79. The number of ether oxygens (including phenoxy) is 1. The molecule has 3 nitrogen and oxygen atoms in total. The van der Waals surface area contributed by atoms with E-state index in [9.17, 15) is 4.79 Å². The van der Waals surface area contributed by atoms with Gasteiger partial charge in [-0.1, -0.05) is 48.0 Å². The number of likely N-dealkylation sites (N-methyl/N-ethyl adjacent to an activating group) is 1. The van der Waals surface area contributed by atoms with Gasteiger partial charge in [-0.25, -0.2) is 0 Å². The minimum atomic E-state index is -0.00786. The standard InChI is InChI=1S/C20H18ClNO2/c1-22(13-14-24-17-11-9-16(21)10-12-17)20(23)19-8-4-6-15-5-2-3-7-18(15)19/h2-12H,13-14H2,1H3. The largest absolute Gasteiger partial charge is 0.492 e. The van der Waals surface area contributed by atoms with Crippen LogP contribution >= 0.6 is 11.6 Å². The van der Waals surface area contributed by atoms with E-state index < -0.39 is 0 Å². The normalized spacial score (nSPS) is 10.6. The molecule has 0 fully saturated rings. The van der Waals surface area contributed by atoms with Crippen molar-refractivity contribution < 1.29 is 9.53 Å². The highest BCUT2D eigenvalue weighted by Crippen LogP contribution is 2.20. The van der Waals surface area contributed by atoms with Gasteiger partial charge >= 0.3 is 0 Å². The first-order valence-corrected chi connectivity index (χ1v) is 8.14. The molecule has 0 heterocycles. The van der Waals surface area contributed by atoms with Gasteiger partial charge in [-0.05, 0) is 41.1 Å². The summed E-state index contributed by atoms with van der Waals surface area (Å²) < 4.78 is 5.65. The zero-order valence-electron chi connectivity index (χ0n) is 13.4. The summed E-state index contributed by atoms with van der Waals surface area (Å²) in [6.45, 7) is 0.930. The second-order valence-corrected chi connectivity index (χ2v) is 5.99. The van der Waals surface area contributed by atoms with Gasteiger partial charge in [0.1, 0.15) is 12.4 Å². The Labute approximate surface area is 146 Å². The Morgan fingerprint density at radius 1 is 1.00 bits per heavy atom. The third kappa shape index (κ3) is 3.69. The lowest BCUT2D eigenvalue weighted by Gasteiger charge is -2.18. The van der Waals surface area contributed by atoms with Crippen LogP contribution in [0.2, 0.25) is 5.02 Å². The van der Waals surface area contributed by atoms with Crippen LogP contribution in [-0.2, 0) is 0 Å². The van der Waals surface area contributed by atoms with Crippen molar-refractivity contribution in [3.05, 3.63) is 77.3 Å². The number of rotatable bonds is 5. The lowest BCUT2D eigenvalue weighted by atomic mass is 10.0. The molecule has 3 rings (SSSR count). The van der Waals surface area contributed by atoms with E-state index in [2.05, 4.69) is 0 Å². The zero-order valence-corrected chi connectivity index (χ0v) is 14.2. The lowest BCUT2D eigenvalue weighted by Crippen LogP contribution is -2.31. The van der Waals surface area contributed by atoms with Crippen LogP contribution in [0.25, 0.3) is 10.8 Å². The number of hydrogen-bond acceptors (Lipinski definition) is 2. The fraction of sp³-hybridized carbons (Fsp3) is 0.150. The van der Waals surface area contributed by atoms with Crippen molar-refractivity contribution in [1.29, 1.82) is 0 Å². The van der Waals surface area contributed by atoms with E-state index in [4.69, 9.17) is 16.3 Å². The van der Waals surface area contributed by atoms with Crippen LogP contribution in [0.4, 0.5) is 0 Å². The number of carbonyl (C=O) groups is 1. The number of benzene rings is 3. The van der Waals surface area contributed by atoms with Crippen LogP contribution in [0.1, 0.15) is 10.4 Å². The van der Waals surface area contributed by atoms with Crippen molar-refractivity contribution >= 4 is 28.3 Å². The van der Waals surface area contributed by atoms with Crippen LogP contribution in [-0.4, -0.2) is 31.0 Å². The number of amides is 1. The molecular formula is C20H18ClNO2. The topological polar surface area (TPSA) is 29.5 Å². The molecule has 0 radical (unpaired) electrons. The van der Waals surface area contributed by atoms with Crippen LogP contribution in [0.3, 0.4) is 0 Å². The Hall–Kier alpha value is -2.52.